The number of aliphatic hydroxyl groups is 1. The number of hydrogen-bond acceptors (Lipinski definition) is 5. The fourth-order valence-corrected chi connectivity index (χ4v) is 1.67. The summed E-state index contributed by atoms with van der Waals surface area (Å²) in [5.74, 6) is 0. The van der Waals surface area contributed by atoms with E-state index in [9.17, 15) is 0 Å². The number of fused-ring (bicyclic) bond motifs is 1. The molecule has 0 aliphatic rings. The van der Waals surface area contributed by atoms with Gasteiger partial charge in [-0.1, -0.05) is 0 Å². The Hall–Kier alpha value is -2.28. The zero-order valence-corrected chi connectivity index (χ0v) is 8.91. The normalized spacial score (nSPS) is 11.1. The number of hydrogen-bond donors (Lipinski definition) is 2. The minimum Gasteiger partial charge on any atom is -0.394 e. The molecule has 17 heavy (non-hydrogen) atoms. The molecule has 7 heteroatoms. The fraction of sp³-hybridized carbons (Fsp3) is 0.200. The Morgan fingerprint density at radius 2 is 2.35 bits per heavy atom. The van der Waals surface area contributed by atoms with E-state index in [1.54, 1.807) is 10.9 Å². The van der Waals surface area contributed by atoms with Crippen LogP contribution in [0, 0.1) is 0 Å². The van der Waals surface area contributed by atoms with Crippen LogP contribution < -0.4 is 0 Å². The minimum atomic E-state index is 0.0634. The van der Waals surface area contributed by atoms with Gasteiger partial charge in [-0.3, -0.25) is 9.78 Å². The molecule has 3 aromatic rings. The second-order valence-corrected chi connectivity index (χ2v) is 3.55. The minimum absolute atomic E-state index is 0.0634. The van der Waals surface area contributed by atoms with Gasteiger partial charge in [-0.05, 0) is 6.07 Å². The van der Waals surface area contributed by atoms with Crippen LogP contribution in [-0.2, 0) is 6.54 Å². The summed E-state index contributed by atoms with van der Waals surface area (Å²) in [5.41, 5.74) is 2.17. The fourth-order valence-electron chi connectivity index (χ4n) is 1.67. The Labute approximate surface area is 96.1 Å². The zero-order chi connectivity index (χ0) is 11.7. The van der Waals surface area contributed by atoms with Gasteiger partial charge in [0.15, 0.2) is 5.65 Å². The Morgan fingerprint density at radius 1 is 1.41 bits per heavy atom. The molecule has 0 unspecified atom stereocenters. The van der Waals surface area contributed by atoms with Crippen molar-refractivity contribution < 1.29 is 5.11 Å². The zero-order valence-electron chi connectivity index (χ0n) is 8.91. The highest BCUT2D eigenvalue weighted by Gasteiger charge is 2.10. The molecule has 0 amide bonds. The van der Waals surface area contributed by atoms with Crippen LogP contribution in [0.3, 0.4) is 0 Å². The maximum atomic E-state index is 8.83. The molecule has 0 atom stereocenters. The highest BCUT2D eigenvalue weighted by molar-refractivity contribution is 5.88. The third kappa shape index (κ3) is 1.66. The molecule has 0 bridgehead atoms. The predicted molar refractivity (Wildman–Crippen MR) is 60.0 cm³/mol. The van der Waals surface area contributed by atoms with E-state index in [0.29, 0.717) is 12.2 Å². The number of aliphatic hydroxyl groups excluding tert-OH is 1. The molecule has 0 saturated carbocycles. The molecule has 0 aliphatic carbocycles. The lowest BCUT2D eigenvalue weighted by atomic mass is 10.2. The predicted octanol–water partition coefficient (Wildman–Crippen LogP) is 0.209. The summed E-state index contributed by atoms with van der Waals surface area (Å²) in [6.07, 6.45) is 4.96. The van der Waals surface area contributed by atoms with Gasteiger partial charge in [0, 0.05) is 12.4 Å². The van der Waals surface area contributed by atoms with Crippen molar-refractivity contribution >= 4 is 11.0 Å². The summed E-state index contributed by atoms with van der Waals surface area (Å²) in [7, 11) is 0. The van der Waals surface area contributed by atoms with Crippen LogP contribution in [0.4, 0.5) is 0 Å². The second kappa shape index (κ2) is 3.95. The molecule has 0 radical (unpaired) electrons. The summed E-state index contributed by atoms with van der Waals surface area (Å²) in [4.78, 5) is 8.01. The Balaban J connectivity index is 2.07. The summed E-state index contributed by atoms with van der Waals surface area (Å²) in [5, 5.41) is 21.0. The van der Waals surface area contributed by atoms with Gasteiger partial charge in [-0.2, -0.15) is 10.2 Å². The van der Waals surface area contributed by atoms with Crippen LogP contribution in [0.1, 0.15) is 0 Å². The topological polar surface area (TPSA) is 92.5 Å². The van der Waals surface area contributed by atoms with Crippen molar-refractivity contribution in [3.63, 3.8) is 0 Å². The van der Waals surface area contributed by atoms with Crippen LogP contribution in [0.15, 0.2) is 24.8 Å². The van der Waals surface area contributed by atoms with Crippen molar-refractivity contribution in [2.45, 2.75) is 6.54 Å². The summed E-state index contributed by atoms with van der Waals surface area (Å²) >= 11 is 0. The molecule has 0 aliphatic heterocycles. The van der Waals surface area contributed by atoms with Gasteiger partial charge in [-0.25, -0.2) is 9.97 Å². The first-order valence-corrected chi connectivity index (χ1v) is 5.17. The lowest BCUT2D eigenvalue weighted by molar-refractivity contribution is 0.269. The van der Waals surface area contributed by atoms with Crippen LogP contribution >= 0.6 is 0 Å². The molecule has 3 aromatic heterocycles. The van der Waals surface area contributed by atoms with Crippen LogP contribution in [0.25, 0.3) is 22.4 Å². The van der Waals surface area contributed by atoms with Gasteiger partial charge in [0.05, 0.1) is 24.2 Å². The maximum absolute atomic E-state index is 8.83. The standard InChI is InChI=1S/C10H10N6O/c17-4-3-16-2-1-8(15-16)9-7-5-11-6-12-10(7)14-13-9/h1-2,5-6,17H,3-4H2,(H,11,12,13,14). The monoisotopic (exact) mass is 230 g/mol. The second-order valence-electron chi connectivity index (χ2n) is 3.55. The first-order chi connectivity index (χ1) is 8.38. The van der Waals surface area contributed by atoms with E-state index in [-0.39, 0.29) is 6.61 Å². The van der Waals surface area contributed by atoms with Crippen LogP contribution in [-0.4, -0.2) is 41.7 Å². The van der Waals surface area contributed by atoms with Gasteiger partial charge >= 0.3 is 0 Å². The van der Waals surface area contributed by atoms with E-state index >= 15 is 0 Å². The number of H-pyrrole nitrogens is 1. The van der Waals surface area contributed by atoms with E-state index in [1.165, 1.54) is 6.33 Å². The first kappa shape index (κ1) is 9.91. The highest BCUT2D eigenvalue weighted by Crippen LogP contribution is 2.22. The molecule has 0 spiro atoms. The Kier molecular flexibility index (Phi) is 2.30. The lowest BCUT2D eigenvalue weighted by Gasteiger charge is -1.95. The van der Waals surface area contributed by atoms with Crippen LogP contribution in [0.5, 0.6) is 0 Å². The number of aromatic nitrogens is 6. The molecular formula is C10H10N6O. The SMILES string of the molecule is OCCn1ccc(-c2[nH]nc3ncncc23)n1. The van der Waals surface area contributed by atoms with Crippen molar-refractivity contribution in [1.82, 2.24) is 29.9 Å². The molecule has 3 rings (SSSR count). The van der Waals surface area contributed by atoms with Crippen molar-refractivity contribution in [3.05, 3.63) is 24.8 Å². The highest BCUT2D eigenvalue weighted by atomic mass is 16.3. The Bertz CT molecular complexity index is 643. The van der Waals surface area contributed by atoms with Gasteiger partial charge < -0.3 is 5.11 Å². The molecular weight excluding hydrogens is 220 g/mol. The van der Waals surface area contributed by atoms with E-state index in [1.807, 2.05) is 12.3 Å². The van der Waals surface area contributed by atoms with Crippen molar-refractivity contribution in [3.8, 4) is 11.4 Å². The summed E-state index contributed by atoms with van der Waals surface area (Å²) < 4.78 is 1.67. The number of rotatable bonds is 3. The van der Waals surface area contributed by atoms with E-state index in [2.05, 4.69) is 25.3 Å². The summed E-state index contributed by atoms with van der Waals surface area (Å²) in [6.45, 7) is 0.538. The van der Waals surface area contributed by atoms with Gasteiger partial charge in [0.2, 0.25) is 0 Å². The van der Waals surface area contributed by atoms with Crippen molar-refractivity contribution in [2.24, 2.45) is 0 Å². The summed E-state index contributed by atoms with van der Waals surface area (Å²) in [6, 6.07) is 1.86. The average Bonchev–Trinajstić information content (AvgIpc) is 2.95. The van der Waals surface area contributed by atoms with E-state index < -0.39 is 0 Å². The quantitative estimate of drug-likeness (QED) is 0.671. The largest absolute Gasteiger partial charge is 0.394 e. The number of nitrogens with zero attached hydrogens (tertiary/aromatic N) is 5. The smallest absolute Gasteiger partial charge is 0.184 e. The number of nitrogens with one attached hydrogen (secondary N) is 1. The van der Waals surface area contributed by atoms with Crippen molar-refractivity contribution in [1.29, 1.82) is 0 Å². The third-order valence-electron chi connectivity index (χ3n) is 2.46. The molecule has 0 fully saturated rings. The lowest BCUT2D eigenvalue weighted by Crippen LogP contribution is -2.02. The van der Waals surface area contributed by atoms with E-state index in [4.69, 9.17) is 5.11 Å². The first-order valence-electron chi connectivity index (χ1n) is 5.17. The number of aromatic amines is 1. The van der Waals surface area contributed by atoms with Gasteiger partial charge in [0.1, 0.15) is 12.0 Å². The average molecular weight is 230 g/mol. The molecule has 2 N–H and O–H groups in total. The van der Waals surface area contributed by atoms with E-state index in [0.717, 1.165) is 16.8 Å². The molecule has 7 nitrogen and oxygen atoms in total. The maximum Gasteiger partial charge on any atom is 0.184 e. The third-order valence-corrected chi connectivity index (χ3v) is 2.46. The molecule has 3 heterocycles. The molecule has 0 aromatic carbocycles. The molecule has 0 saturated heterocycles. The Morgan fingerprint density at radius 3 is 3.24 bits per heavy atom. The van der Waals surface area contributed by atoms with Gasteiger partial charge in [-0.15, -0.1) is 0 Å². The molecule has 86 valence electrons. The van der Waals surface area contributed by atoms with Gasteiger partial charge in [0.25, 0.3) is 0 Å². The van der Waals surface area contributed by atoms with Crippen LogP contribution in [0.2, 0.25) is 0 Å². The van der Waals surface area contributed by atoms with Crippen molar-refractivity contribution in [2.75, 3.05) is 6.61 Å².